The molecule has 146 valence electrons. The number of dihydropyridines is 1. The van der Waals surface area contributed by atoms with E-state index in [4.69, 9.17) is 4.74 Å². The second kappa shape index (κ2) is 10.2. The second-order valence-corrected chi connectivity index (χ2v) is 7.93. The van der Waals surface area contributed by atoms with Crippen molar-refractivity contribution < 1.29 is 9.53 Å². The number of esters is 1. The van der Waals surface area contributed by atoms with Gasteiger partial charge in [0, 0.05) is 5.70 Å². The van der Waals surface area contributed by atoms with Crippen molar-refractivity contribution in [3.63, 3.8) is 0 Å². The van der Waals surface area contributed by atoms with Crippen molar-refractivity contribution in [3.8, 4) is 6.07 Å². The molecule has 2 aliphatic rings. The number of thioether (sulfide) groups is 1. The van der Waals surface area contributed by atoms with Gasteiger partial charge in [0.05, 0.1) is 24.0 Å². The van der Waals surface area contributed by atoms with E-state index in [2.05, 4.69) is 35.7 Å². The molecule has 0 saturated carbocycles. The maximum Gasteiger partial charge on any atom is 0.315 e. The van der Waals surface area contributed by atoms with Crippen molar-refractivity contribution in [1.29, 1.82) is 5.26 Å². The summed E-state index contributed by atoms with van der Waals surface area (Å²) in [5.41, 5.74) is 5.31. The molecule has 1 aliphatic carbocycles. The van der Waals surface area contributed by atoms with E-state index in [-0.39, 0.29) is 17.1 Å². The van der Waals surface area contributed by atoms with Gasteiger partial charge in [0.2, 0.25) is 0 Å². The van der Waals surface area contributed by atoms with Crippen molar-refractivity contribution >= 4 is 23.8 Å². The Morgan fingerprint density at radius 1 is 1.25 bits per heavy atom. The molecule has 1 unspecified atom stereocenters. The molecule has 28 heavy (non-hydrogen) atoms. The molecule has 1 aromatic carbocycles. The lowest BCUT2D eigenvalue weighted by atomic mass is 9.91. The Labute approximate surface area is 171 Å². The normalized spacial score (nSPS) is 19.6. The van der Waals surface area contributed by atoms with Crippen LogP contribution in [0.2, 0.25) is 0 Å². The Bertz CT molecular complexity index is 834. The predicted octanol–water partition coefficient (Wildman–Crippen LogP) is 4.96. The number of benzene rings is 1. The Hall–Kier alpha value is -2.45. The van der Waals surface area contributed by atoms with Crippen LogP contribution in [0.15, 0.2) is 58.8 Å². The zero-order valence-corrected chi connectivity index (χ0v) is 17.1. The fraction of sp³-hybridized carbons (Fsp3) is 0.391. The number of rotatable bonds is 6. The SMILES string of the molecule is CCOC(=O)CSC1NC2=C(CCCCC2)C(/C=C/c2ccccc2)=C1C#N. The van der Waals surface area contributed by atoms with Gasteiger partial charge in [0.15, 0.2) is 0 Å². The molecular weight excluding hydrogens is 368 g/mol. The number of nitriles is 1. The smallest absolute Gasteiger partial charge is 0.315 e. The Morgan fingerprint density at radius 2 is 2.04 bits per heavy atom. The molecule has 0 amide bonds. The third-order valence-corrected chi connectivity index (χ3v) is 6.03. The molecule has 1 heterocycles. The van der Waals surface area contributed by atoms with E-state index in [1.54, 1.807) is 6.92 Å². The summed E-state index contributed by atoms with van der Waals surface area (Å²) in [5.74, 6) is -0.0109. The van der Waals surface area contributed by atoms with Crippen molar-refractivity contribution in [1.82, 2.24) is 5.32 Å². The molecule has 1 N–H and O–H groups in total. The predicted molar refractivity (Wildman–Crippen MR) is 114 cm³/mol. The van der Waals surface area contributed by atoms with Crippen LogP contribution in [0.25, 0.3) is 6.08 Å². The lowest BCUT2D eigenvalue weighted by Gasteiger charge is -2.29. The van der Waals surface area contributed by atoms with Gasteiger partial charge >= 0.3 is 5.97 Å². The maximum absolute atomic E-state index is 11.8. The standard InChI is InChI=1S/C23H26N2O2S/c1-2-27-22(26)16-28-23-20(15-24)18(14-13-17-9-5-3-6-10-17)19-11-7-4-8-12-21(19)25-23/h3,5-6,9-10,13-14,23,25H,2,4,7-8,11-12,16H2,1H3/b14-13+. The van der Waals surface area contributed by atoms with Gasteiger partial charge in [0.1, 0.15) is 5.37 Å². The Balaban J connectivity index is 1.92. The first-order valence-corrected chi connectivity index (χ1v) is 10.9. The minimum absolute atomic E-state index is 0.221. The van der Waals surface area contributed by atoms with Crippen LogP contribution in [0.4, 0.5) is 0 Å². The van der Waals surface area contributed by atoms with Gasteiger partial charge in [0.25, 0.3) is 0 Å². The first-order valence-electron chi connectivity index (χ1n) is 9.86. The molecule has 0 spiro atoms. The van der Waals surface area contributed by atoms with Crippen molar-refractivity contribution in [2.24, 2.45) is 0 Å². The van der Waals surface area contributed by atoms with Crippen LogP contribution in [0.3, 0.4) is 0 Å². The first-order chi connectivity index (χ1) is 13.7. The maximum atomic E-state index is 11.8. The van der Waals surface area contributed by atoms with Crippen molar-refractivity contribution in [2.75, 3.05) is 12.4 Å². The topological polar surface area (TPSA) is 62.1 Å². The highest BCUT2D eigenvalue weighted by molar-refractivity contribution is 8.00. The number of ether oxygens (including phenoxy) is 1. The fourth-order valence-electron chi connectivity index (χ4n) is 3.60. The molecular formula is C23H26N2O2S. The lowest BCUT2D eigenvalue weighted by molar-refractivity contribution is -0.139. The van der Waals surface area contributed by atoms with Crippen LogP contribution in [0, 0.1) is 11.3 Å². The average molecular weight is 395 g/mol. The van der Waals surface area contributed by atoms with Gasteiger partial charge < -0.3 is 10.1 Å². The second-order valence-electron chi connectivity index (χ2n) is 6.84. The number of carbonyl (C=O) groups excluding carboxylic acids is 1. The lowest BCUT2D eigenvalue weighted by Crippen LogP contribution is -2.33. The zero-order chi connectivity index (χ0) is 19.8. The van der Waals surface area contributed by atoms with Crippen LogP contribution in [0.5, 0.6) is 0 Å². The number of carbonyl (C=O) groups is 1. The van der Waals surface area contributed by atoms with Gasteiger partial charge in [-0.05, 0) is 49.3 Å². The van der Waals surface area contributed by atoms with Gasteiger partial charge in [-0.3, -0.25) is 4.79 Å². The van der Waals surface area contributed by atoms with Crippen LogP contribution < -0.4 is 5.32 Å². The average Bonchev–Trinajstić information content (AvgIpc) is 2.96. The fourth-order valence-corrected chi connectivity index (χ4v) is 4.56. The molecule has 1 aliphatic heterocycles. The molecule has 5 heteroatoms. The van der Waals surface area contributed by atoms with Gasteiger partial charge in [-0.25, -0.2) is 0 Å². The molecule has 4 nitrogen and oxygen atoms in total. The molecule has 1 aromatic rings. The van der Waals surface area contributed by atoms with E-state index in [0.717, 1.165) is 36.8 Å². The van der Waals surface area contributed by atoms with E-state index < -0.39 is 0 Å². The van der Waals surface area contributed by atoms with Crippen LogP contribution in [-0.2, 0) is 9.53 Å². The largest absolute Gasteiger partial charge is 0.465 e. The van der Waals surface area contributed by atoms with Crippen LogP contribution >= 0.6 is 11.8 Å². The van der Waals surface area contributed by atoms with E-state index in [9.17, 15) is 10.1 Å². The minimum atomic E-state index is -0.242. The first kappa shape index (κ1) is 20.3. The third-order valence-electron chi connectivity index (χ3n) is 4.94. The Kier molecular flexibility index (Phi) is 7.39. The highest BCUT2D eigenvalue weighted by Crippen LogP contribution is 2.37. The summed E-state index contributed by atoms with van der Waals surface area (Å²) in [5, 5.41) is 13.2. The summed E-state index contributed by atoms with van der Waals surface area (Å²) in [6, 6.07) is 12.5. The Morgan fingerprint density at radius 3 is 2.79 bits per heavy atom. The molecule has 0 fully saturated rings. The number of nitrogens with zero attached hydrogens (tertiary/aromatic N) is 1. The van der Waals surface area contributed by atoms with Gasteiger partial charge in [-0.15, -0.1) is 11.8 Å². The van der Waals surface area contributed by atoms with Crippen LogP contribution in [0.1, 0.15) is 44.6 Å². The minimum Gasteiger partial charge on any atom is -0.465 e. The van der Waals surface area contributed by atoms with E-state index in [1.807, 2.05) is 18.2 Å². The van der Waals surface area contributed by atoms with Crippen LogP contribution in [-0.4, -0.2) is 23.7 Å². The van der Waals surface area contributed by atoms with E-state index >= 15 is 0 Å². The van der Waals surface area contributed by atoms with Crippen molar-refractivity contribution in [3.05, 3.63) is 64.4 Å². The molecule has 1 atom stereocenters. The number of nitrogens with one attached hydrogen (secondary N) is 1. The molecule has 3 rings (SSSR count). The molecule has 0 saturated heterocycles. The van der Waals surface area contributed by atoms with Gasteiger partial charge in [-0.2, -0.15) is 5.26 Å². The number of hydrogen-bond donors (Lipinski definition) is 1. The highest BCUT2D eigenvalue weighted by atomic mass is 32.2. The summed E-state index contributed by atoms with van der Waals surface area (Å²) < 4.78 is 5.05. The highest BCUT2D eigenvalue weighted by Gasteiger charge is 2.29. The van der Waals surface area contributed by atoms with E-state index in [1.165, 1.54) is 29.5 Å². The summed E-state index contributed by atoms with van der Waals surface area (Å²) in [6.07, 6.45) is 9.62. The van der Waals surface area contributed by atoms with E-state index in [0.29, 0.717) is 12.2 Å². The third kappa shape index (κ3) is 5.08. The summed E-state index contributed by atoms with van der Waals surface area (Å²) in [7, 11) is 0. The quantitative estimate of drug-likeness (QED) is 0.691. The number of hydrogen-bond acceptors (Lipinski definition) is 5. The number of allylic oxidation sites excluding steroid dienone is 4. The van der Waals surface area contributed by atoms with Gasteiger partial charge in [-0.1, -0.05) is 48.9 Å². The molecule has 0 radical (unpaired) electrons. The summed E-state index contributed by atoms with van der Waals surface area (Å²) in [4.78, 5) is 11.8. The van der Waals surface area contributed by atoms with Crippen molar-refractivity contribution in [2.45, 2.75) is 44.4 Å². The molecule has 0 aromatic heterocycles. The molecule has 0 bridgehead atoms. The monoisotopic (exact) mass is 394 g/mol. The summed E-state index contributed by atoms with van der Waals surface area (Å²) in [6.45, 7) is 2.18. The zero-order valence-electron chi connectivity index (χ0n) is 16.2. The summed E-state index contributed by atoms with van der Waals surface area (Å²) >= 11 is 1.43.